The number of quaternary nitrogens is 2. The Morgan fingerprint density at radius 2 is 1.50 bits per heavy atom. The number of nitrogens with one attached hydrogen (secondary N) is 2. The molecule has 0 aromatic heterocycles. The zero-order chi connectivity index (χ0) is 18.1. The van der Waals surface area contributed by atoms with Gasteiger partial charge in [-0.15, -0.1) is 0 Å². The molecule has 5 nitrogen and oxygen atoms in total. The van der Waals surface area contributed by atoms with E-state index < -0.39 is 0 Å². The Morgan fingerprint density at radius 1 is 0.885 bits per heavy atom. The van der Waals surface area contributed by atoms with Gasteiger partial charge in [0.2, 0.25) is 5.91 Å². The quantitative estimate of drug-likeness (QED) is 0.718. The molecule has 2 saturated heterocycles. The fourth-order valence-electron chi connectivity index (χ4n) is 4.97. The van der Waals surface area contributed by atoms with E-state index >= 15 is 0 Å². The third-order valence-corrected chi connectivity index (χ3v) is 6.44. The van der Waals surface area contributed by atoms with Crippen LogP contribution in [0.2, 0.25) is 0 Å². The molecule has 1 aromatic rings. The minimum Gasteiger partial charge on any atom is -0.323 e. The molecule has 3 aliphatic rings. The van der Waals surface area contributed by atoms with Crippen LogP contribution in [-0.4, -0.2) is 50.1 Å². The molecule has 140 valence electrons. The Bertz CT molecular complexity index is 664. The number of nitrogens with zero attached hydrogens (tertiary/aromatic N) is 1. The van der Waals surface area contributed by atoms with Crippen LogP contribution in [0.5, 0.6) is 0 Å². The fraction of sp³-hybridized carbons (Fsp3) is 0.600. The number of benzene rings is 1. The summed E-state index contributed by atoms with van der Waals surface area (Å²) >= 11 is 0. The molecule has 26 heavy (non-hydrogen) atoms. The first-order chi connectivity index (χ1) is 12.6. The van der Waals surface area contributed by atoms with Gasteiger partial charge in [-0.05, 0) is 49.9 Å². The zero-order valence-electron chi connectivity index (χ0n) is 15.2. The van der Waals surface area contributed by atoms with Crippen molar-refractivity contribution < 1.29 is 23.8 Å². The van der Waals surface area contributed by atoms with Crippen molar-refractivity contribution in [3.63, 3.8) is 0 Å². The van der Waals surface area contributed by atoms with Crippen LogP contribution in [0, 0.1) is 5.82 Å². The molecule has 2 heterocycles. The second-order valence-electron chi connectivity index (χ2n) is 7.95. The summed E-state index contributed by atoms with van der Waals surface area (Å²) < 4.78 is 13.1. The number of imide groups is 1. The van der Waals surface area contributed by atoms with Gasteiger partial charge in [0, 0.05) is 0 Å². The summed E-state index contributed by atoms with van der Waals surface area (Å²) in [5.41, 5.74) is 0.481. The molecule has 0 unspecified atom stereocenters. The molecule has 4 rings (SSSR count). The maximum absolute atomic E-state index is 13.1. The fourth-order valence-corrected chi connectivity index (χ4v) is 4.97. The van der Waals surface area contributed by atoms with Gasteiger partial charge in [0.25, 0.3) is 5.91 Å². The average molecular weight is 361 g/mol. The topological polar surface area (TPSA) is 46.3 Å². The van der Waals surface area contributed by atoms with Gasteiger partial charge in [-0.25, -0.2) is 9.29 Å². The smallest absolute Gasteiger partial charge is 0.292 e. The van der Waals surface area contributed by atoms with Crippen molar-refractivity contribution in [3.05, 3.63) is 30.1 Å². The van der Waals surface area contributed by atoms with Crippen molar-refractivity contribution >= 4 is 17.5 Å². The second kappa shape index (κ2) is 7.45. The first kappa shape index (κ1) is 17.6. The van der Waals surface area contributed by atoms with Crippen molar-refractivity contribution in [2.24, 2.45) is 0 Å². The van der Waals surface area contributed by atoms with E-state index in [9.17, 15) is 14.0 Å². The van der Waals surface area contributed by atoms with E-state index in [2.05, 4.69) is 0 Å². The van der Waals surface area contributed by atoms with E-state index in [1.807, 2.05) is 0 Å². The summed E-state index contributed by atoms with van der Waals surface area (Å²) in [7, 11) is 0. The summed E-state index contributed by atoms with van der Waals surface area (Å²) in [5.74, 6) is -0.657. The highest BCUT2D eigenvalue weighted by atomic mass is 19.1. The standard InChI is InChI=1S/C20H26FN3O2/c21-15-6-8-17(9-7-15)24-19(25)14-18(20(24)26)23-12-10-22(11-13-23)16-4-2-1-3-5-16/h6-9,16,18H,1-5,10-14H2/p+2/t18-/m0/s1. The van der Waals surface area contributed by atoms with Gasteiger partial charge in [-0.3, -0.25) is 9.59 Å². The molecule has 6 heteroatoms. The van der Waals surface area contributed by atoms with Crippen LogP contribution in [0.1, 0.15) is 38.5 Å². The summed E-state index contributed by atoms with van der Waals surface area (Å²) in [6, 6.07) is 6.12. The maximum atomic E-state index is 13.1. The van der Waals surface area contributed by atoms with Gasteiger partial charge < -0.3 is 9.80 Å². The van der Waals surface area contributed by atoms with Gasteiger partial charge in [0.15, 0.2) is 6.04 Å². The highest BCUT2D eigenvalue weighted by Gasteiger charge is 2.47. The Hall–Kier alpha value is -1.79. The largest absolute Gasteiger partial charge is 0.323 e. The van der Waals surface area contributed by atoms with Gasteiger partial charge >= 0.3 is 0 Å². The third kappa shape index (κ3) is 3.40. The molecule has 2 aliphatic heterocycles. The van der Waals surface area contributed by atoms with Gasteiger partial charge in [-0.2, -0.15) is 0 Å². The summed E-state index contributed by atoms with van der Waals surface area (Å²) in [5, 5.41) is 0. The minimum absolute atomic E-state index is 0.127. The summed E-state index contributed by atoms with van der Waals surface area (Å²) in [4.78, 5) is 29.5. The number of halogens is 1. The van der Waals surface area contributed by atoms with Gasteiger partial charge in [-0.1, -0.05) is 6.42 Å². The van der Waals surface area contributed by atoms with Crippen LogP contribution in [0.25, 0.3) is 0 Å². The van der Waals surface area contributed by atoms with E-state index in [4.69, 9.17) is 0 Å². The van der Waals surface area contributed by atoms with Gasteiger partial charge in [0.1, 0.15) is 32.0 Å². The van der Waals surface area contributed by atoms with Crippen molar-refractivity contribution in [1.29, 1.82) is 0 Å². The third-order valence-electron chi connectivity index (χ3n) is 6.44. The molecule has 3 fully saturated rings. The lowest BCUT2D eigenvalue weighted by atomic mass is 9.93. The number of carbonyl (C=O) groups excluding carboxylic acids is 2. The van der Waals surface area contributed by atoms with E-state index in [1.165, 1.54) is 66.2 Å². The number of hydrogen-bond acceptors (Lipinski definition) is 2. The normalized spacial score (nSPS) is 30.8. The van der Waals surface area contributed by atoms with Crippen molar-refractivity contribution in [3.8, 4) is 0 Å². The van der Waals surface area contributed by atoms with Gasteiger partial charge in [0.05, 0.1) is 18.2 Å². The van der Waals surface area contributed by atoms with Crippen LogP contribution in [0.3, 0.4) is 0 Å². The van der Waals surface area contributed by atoms with E-state index in [0.717, 1.165) is 32.2 Å². The molecule has 1 atom stereocenters. The molecule has 1 saturated carbocycles. The highest BCUT2D eigenvalue weighted by Crippen LogP contribution is 2.22. The maximum Gasteiger partial charge on any atom is 0.292 e. The molecule has 1 aromatic carbocycles. The predicted octanol–water partition coefficient (Wildman–Crippen LogP) is -0.426. The Balaban J connectivity index is 1.39. The van der Waals surface area contributed by atoms with Crippen LogP contribution < -0.4 is 14.7 Å². The SMILES string of the molecule is O=C1C[C@H]([NH+]2CC[NH+](C3CCCCC3)CC2)C(=O)N1c1ccc(F)cc1. The molecule has 2 amide bonds. The van der Waals surface area contributed by atoms with Crippen LogP contribution in [-0.2, 0) is 9.59 Å². The minimum atomic E-state index is -0.364. The molecule has 2 N–H and O–H groups in total. The predicted molar refractivity (Wildman–Crippen MR) is 95.6 cm³/mol. The summed E-state index contributed by atoms with van der Waals surface area (Å²) in [6.45, 7) is 4.09. The first-order valence-electron chi connectivity index (χ1n) is 9.95. The monoisotopic (exact) mass is 361 g/mol. The molecular formula is C20H28FN3O2+2. The number of anilines is 1. The molecule has 1 aliphatic carbocycles. The average Bonchev–Trinajstić information content (AvgIpc) is 2.98. The van der Waals surface area contributed by atoms with Crippen LogP contribution >= 0.6 is 0 Å². The number of carbonyl (C=O) groups is 2. The van der Waals surface area contributed by atoms with E-state index in [0.29, 0.717) is 5.69 Å². The Morgan fingerprint density at radius 3 is 2.15 bits per heavy atom. The number of rotatable bonds is 3. The molecule has 0 spiro atoms. The number of piperazine rings is 1. The van der Waals surface area contributed by atoms with Crippen LogP contribution in [0.15, 0.2) is 24.3 Å². The highest BCUT2D eigenvalue weighted by molar-refractivity contribution is 6.21. The summed E-state index contributed by atoms with van der Waals surface area (Å²) in [6.07, 6.45) is 7.02. The molecule has 0 radical (unpaired) electrons. The lowest BCUT2D eigenvalue weighted by Crippen LogP contribution is -3.31. The zero-order valence-corrected chi connectivity index (χ0v) is 15.2. The van der Waals surface area contributed by atoms with E-state index in [-0.39, 0.29) is 30.1 Å². The first-order valence-corrected chi connectivity index (χ1v) is 9.95. The lowest BCUT2D eigenvalue weighted by molar-refractivity contribution is -1.03. The molecule has 0 bridgehead atoms. The Kier molecular flexibility index (Phi) is 5.05. The van der Waals surface area contributed by atoms with Crippen molar-refractivity contribution in [2.75, 3.05) is 31.1 Å². The van der Waals surface area contributed by atoms with E-state index in [1.54, 1.807) is 4.90 Å². The van der Waals surface area contributed by atoms with Crippen LogP contribution in [0.4, 0.5) is 10.1 Å². The lowest BCUT2D eigenvalue weighted by Gasteiger charge is -2.37. The second-order valence-corrected chi connectivity index (χ2v) is 7.95. The van der Waals surface area contributed by atoms with Crippen molar-refractivity contribution in [1.82, 2.24) is 0 Å². The molecular weight excluding hydrogens is 333 g/mol. The number of amides is 2. The Labute approximate surface area is 153 Å². The van der Waals surface area contributed by atoms with Crippen molar-refractivity contribution in [2.45, 2.75) is 50.6 Å². The number of hydrogen-bond donors (Lipinski definition) is 2.